The smallest absolute Gasteiger partial charge is 0.106 e. The summed E-state index contributed by atoms with van der Waals surface area (Å²) in [5.41, 5.74) is 2.72. The Kier molecular flexibility index (Phi) is 2.90. The van der Waals surface area contributed by atoms with Crippen LogP contribution in [0, 0.1) is 0 Å². The Labute approximate surface area is 102 Å². The monoisotopic (exact) mass is 233 g/mol. The molecule has 3 nitrogen and oxygen atoms in total. The average Bonchev–Trinajstić information content (AvgIpc) is 2.34. The first-order valence-electron chi connectivity index (χ1n) is 6.31. The second kappa shape index (κ2) is 4.41. The van der Waals surface area contributed by atoms with Gasteiger partial charge in [-0.15, -0.1) is 0 Å². The molecule has 1 saturated heterocycles. The number of hydrogen-bond donors (Lipinski definition) is 1. The Hall–Kier alpha value is -0.900. The number of benzene rings is 1. The molecule has 1 atom stereocenters. The molecule has 0 aromatic heterocycles. The molecular weight excluding hydrogens is 214 g/mol. The highest BCUT2D eigenvalue weighted by Gasteiger charge is 2.34. The van der Waals surface area contributed by atoms with Crippen molar-refractivity contribution in [1.29, 1.82) is 0 Å². The lowest BCUT2D eigenvalue weighted by molar-refractivity contribution is -0.114. The van der Waals surface area contributed by atoms with E-state index < -0.39 is 0 Å². The highest BCUT2D eigenvalue weighted by Crippen LogP contribution is 2.28. The normalized spacial score (nSPS) is 26.1. The summed E-state index contributed by atoms with van der Waals surface area (Å²) in [6, 6.07) is 8.52. The van der Waals surface area contributed by atoms with E-state index in [1.807, 2.05) is 0 Å². The van der Waals surface area contributed by atoms with Crippen molar-refractivity contribution in [2.75, 3.05) is 26.3 Å². The second-order valence-corrected chi connectivity index (χ2v) is 5.17. The summed E-state index contributed by atoms with van der Waals surface area (Å²) in [5, 5.41) is 3.24. The topological polar surface area (TPSA) is 30.5 Å². The van der Waals surface area contributed by atoms with Crippen LogP contribution >= 0.6 is 0 Å². The molecule has 0 spiro atoms. The van der Waals surface area contributed by atoms with Gasteiger partial charge in [0.25, 0.3) is 0 Å². The van der Waals surface area contributed by atoms with Crippen molar-refractivity contribution in [3.8, 4) is 0 Å². The third-order valence-electron chi connectivity index (χ3n) is 3.67. The van der Waals surface area contributed by atoms with Gasteiger partial charge in [0.05, 0.1) is 18.8 Å². The van der Waals surface area contributed by atoms with Crippen molar-refractivity contribution in [3.05, 3.63) is 35.4 Å². The molecule has 17 heavy (non-hydrogen) atoms. The Morgan fingerprint density at radius 3 is 3.00 bits per heavy atom. The molecule has 0 aliphatic carbocycles. The second-order valence-electron chi connectivity index (χ2n) is 5.17. The molecule has 0 bridgehead atoms. The quantitative estimate of drug-likeness (QED) is 0.861. The van der Waals surface area contributed by atoms with E-state index in [1.54, 1.807) is 0 Å². The molecule has 92 valence electrons. The summed E-state index contributed by atoms with van der Waals surface area (Å²) >= 11 is 0. The molecule has 1 fully saturated rings. The minimum Gasteiger partial charge on any atom is -0.371 e. The molecule has 1 aromatic rings. The molecule has 1 aromatic carbocycles. The van der Waals surface area contributed by atoms with Gasteiger partial charge in [-0.1, -0.05) is 24.3 Å². The zero-order valence-electron chi connectivity index (χ0n) is 10.2. The van der Waals surface area contributed by atoms with Crippen molar-refractivity contribution >= 4 is 0 Å². The van der Waals surface area contributed by atoms with Gasteiger partial charge in [0.1, 0.15) is 6.10 Å². The first-order chi connectivity index (χ1) is 8.27. The van der Waals surface area contributed by atoms with Gasteiger partial charge in [-0.3, -0.25) is 0 Å². The van der Waals surface area contributed by atoms with E-state index in [-0.39, 0.29) is 11.7 Å². The number of fused-ring (bicyclic) bond motifs is 1. The van der Waals surface area contributed by atoms with Crippen LogP contribution in [0.3, 0.4) is 0 Å². The van der Waals surface area contributed by atoms with E-state index in [4.69, 9.17) is 9.47 Å². The molecule has 2 heterocycles. The minimum atomic E-state index is 0.00967. The van der Waals surface area contributed by atoms with Crippen LogP contribution < -0.4 is 5.32 Å². The van der Waals surface area contributed by atoms with E-state index in [0.717, 1.165) is 26.1 Å². The molecule has 1 unspecified atom stereocenters. The standard InChI is InChI=1S/C14H19NO2/c1-14(9-15-10-14)17-8-13-12-5-3-2-4-11(12)6-7-16-13/h2-5,13,15H,6-10H2,1H3. The van der Waals surface area contributed by atoms with Crippen molar-refractivity contribution in [2.45, 2.75) is 25.0 Å². The summed E-state index contributed by atoms with van der Waals surface area (Å²) in [6.45, 7) is 5.51. The number of rotatable bonds is 3. The Balaban J connectivity index is 1.68. The van der Waals surface area contributed by atoms with Crippen molar-refractivity contribution in [1.82, 2.24) is 5.32 Å². The minimum absolute atomic E-state index is 0.00967. The molecule has 2 aliphatic heterocycles. The first-order valence-corrected chi connectivity index (χ1v) is 6.31. The highest BCUT2D eigenvalue weighted by molar-refractivity contribution is 5.30. The van der Waals surface area contributed by atoms with Crippen molar-refractivity contribution in [3.63, 3.8) is 0 Å². The SMILES string of the molecule is CC1(OCC2OCCc3ccccc32)CNC1. The lowest BCUT2D eigenvalue weighted by atomic mass is 9.97. The van der Waals surface area contributed by atoms with Crippen LogP contribution in [0.1, 0.15) is 24.2 Å². The third-order valence-corrected chi connectivity index (χ3v) is 3.67. The molecule has 0 radical (unpaired) electrons. The van der Waals surface area contributed by atoms with E-state index in [2.05, 4.69) is 36.5 Å². The Morgan fingerprint density at radius 2 is 2.24 bits per heavy atom. The Morgan fingerprint density at radius 1 is 1.41 bits per heavy atom. The highest BCUT2D eigenvalue weighted by atomic mass is 16.5. The fourth-order valence-electron chi connectivity index (χ4n) is 2.47. The van der Waals surface area contributed by atoms with Gasteiger partial charge in [0, 0.05) is 13.1 Å². The summed E-state index contributed by atoms with van der Waals surface area (Å²) in [4.78, 5) is 0. The molecule has 0 amide bonds. The lowest BCUT2D eigenvalue weighted by Crippen LogP contribution is -2.59. The fraction of sp³-hybridized carbons (Fsp3) is 0.571. The largest absolute Gasteiger partial charge is 0.371 e. The summed E-state index contributed by atoms with van der Waals surface area (Å²) < 4.78 is 11.8. The van der Waals surface area contributed by atoms with Crippen LogP contribution in [0.15, 0.2) is 24.3 Å². The fourth-order valence-corrected chi connectivity index (χ4v) is 2.47. The number of hydrogen-bond acceptors (Lipinski definition) is 3. The third kappa shape index (κ3) is 2.23. The van der Waals surface area contributed by atoms with Gasteiger partial charge < -0.3 is 14.8 Å². The van der Waals surface area contributed by atoms with Crippen LogP contribution in [0.25, 0.3) is 0 Å². The van der Waals surface area contributed by atoms with Crippen LogP contribution in [-0.2, 0) is 15.9 Å². The predicted molar refractivity (Wildman–Crippen MR) is 66.1 cm³/mol. The molecule has 1 N–H and O–H groups in total. The van der Waals surface area contributed by atoms with Gasteiger partial charge in [-0.05, 0) is 24.5 Å². The molecule has 2 aliphatic rings. The van der Waals surface area contributed by atoms with Crippen molar-refractivity contribution in [2.24, 2.45) is 0 Å². The van der Waals surface area contributed by atoms with Gasteiger partial charge in [0.15, 0.2) is 0 Å². The zero-order valence-corrected chi connectivity index (χ0v) is 10.2. The zero-order chi connectivity index (χ0) is 11.7. The van der Waals surface area contributed by atoms with E-state index >= 15 is 0 Å². The van der Waals surface area contributed by atoms with Crippen LogP contribution in [-0.4, -0.2) is 31.9 Å². The van der Waals surface area contributed by atoms with E-state index in [0.29, 0.717) is 6.61 Å². The average molecular weight is 233 g/mol. The maximum Gasteiger partial charge on any atom is 0.106 e. The van der Waals surface area contributed by atoms with Gasteiger partial charge in [0.2, 0.25) is 0 Å². The van der Waals surface area contributed by atoms with Crippen LogP contribution in [0.2, 0.25) is 0 Å². The number of ether oxygens (including phenoxy) is 2. The summed E-state index contributed by atoms with van der Waals surface area (Å²) in [7, 11) is 0. The van der Waals surface area contributed by atoms with Gasteiger partial charge in [-0.25, -0.2) is 0 Å². The predicted octanol–water partition coefficient (Wildman–Crippen LogP) is 1.68. The van der Waals surface area contributed by atoms with Gasteiger partial charge in [-0.2, -0.15) is 0 Å². The molecule has 3 rings (SSSR count). The van der Waals surface area contributed by atoms with Crippen LogP contribution in [0.4, 0.5) is 0 Å². The molecular formula is C14H19NO2. The lowest BCUT2D eigenvalue weighted by Gasteiger charge is -2.40. The molecule has 0 saturated carbocycles. The van der Waals surface area contributed by atoms with E-state index in [1.165, 1.54) is 11.1 Å². The first kappa shape index (κ1) is 11.2. The summed E-state index contributed by atoms with van der Waals surface area (Å²) in [5.74, 6) is 0. The van der Waals surface area contributed by atoms with Crippen LogP contribution in [0.5, 0.6) is 0 Å². The maximum absolute atomic E-state index is 5.97. The maximum atomic E-state index is 5.97. The van der Waals surface area contributed by atoms with E-state index in [9.17, 15) is 0 Å². The Bertz CT molecular complexity index is 401. The summed E-state index contributed by atoms with van der Waals surface area (Å²) in [6.07, 6.45) is 1.13. The van der Waals surface area contributed by atoms with Crippen molar-refractivity contribution < 1.29 is 9.47 Å². The van der Waals surface area contributed by atoms with Gasteiger partial charge >= 0.3 is 0 Å². The number of nitrogens with one attached hydrogen (secondary N) is 1. The molecule has 3 heteroatoms.